The van der Waals surface area contributed by atoms with Crippen molar-refractivity contribution in [3.8, 4) is 0 Å². The van der Waals surface area contributed by atoms with Gasteiger partial charge in [-0.2, -0.15) is 23.4 Å². The molecule has 0 radical (unpaired) electrons. The fourth-order valence-corrected chi connectivity index (χ4v) is 2.76. The number of hydrogen-bond acceptors (Lipinski definition) is 3. The number of halogens is 5. The summed E-state index contributed by atoms with van der Waals surface area (Å²) in [6.45, 7) is 5.52. The Morgan fingerprint density at radius 1 is 1.31 bits per heavy atom. The van der Waals surface area contributed by atoms with Crippen molar-refractivity contribution in [2.45, 2.75) is 46.0 Å². The fourth-order valence-electron chi connectivity index (χ4n) is 2.38. The Morgan fingerprint density at radius 3 is 2.46 bits per heavy atom. The van der Waals surface area contributed by atoms with E-state index in [1.807, 2.05) is 0 Å². The van der Waals surface area contributed by atoms with Gasteiger partial charge < -0.3 is 5.32 Å². The van der Waals surface area contributed by atoms with Gasteiger partial charge >= 0.3 is 6.18 Å². The van der Waals surface area contributed by atoms with Crippen LogP contribution < -0.4 is 5.32 Å². The van der Waals surface area contributed by atoms with E-state index in [1.54, 1.807) is 17.8 Å². The van der Waals surface area contributed by atoms with Crippen LogP contribution in [0.2, 0.25) is 10.0 Å². The Kier molecular flexibility index (Phi) is 6.23. The van der Waals surface area contributed by atoms with Gasteiger partial charge in [0, 0.05) is 19.3 Å². The Balaban J connectivity index is 1.93. The number of nitrogens with one attached hydrogen (secondary N) is 1. The molecule has 0 spiro atoms. The molecule has 1 unspecified atom stereocenters. The molecule has 11 heteroatoms. The van der Waals surface area contributed by atoms with Gasteiger partial charge in [0.15, 0.2) is 5.69 Å². The third kappa shape index (κ3) is 4.50. The third-order valence-corrected chi connectivity index (χ3v) is 4.67. The van der Waals surface area contributed by atoms with E-state index < -0.39 is 28.8 Å². The average Bonchev–Trinajstić information content (AvgIpc) is 3.03. The molecule has 0 fully saturated rings. The van der Waals surface area contributed by atoms with Gasteiger partial charge in [-0.05, 0) is 27.2 Å². The highest BCUT2D eigenvalue weighted by Crippen LogP contribution is 2.36. The molecule has 2 heterocycles. The highest BCUT2D eigenvalue weighted by atomic mass is 35.5. The smallest absolute Gasteiger partial charge is 0.354 e. The van der Waals surface area contributed by atoms with Crippen LogP contribution in [0.1, 0.15) is 36.5 Å². The van der Waals surface area contributed by atoms with Crippen molar-refractivity contribution < 1.29 is 18.0 Å². The van der Waals surface area contributed by atoms with E-state index in [2.05, 4.69) is 15.5 Å². The average molecular weight is 412 g/mol. The molecule has 1 N–H and O–H groups in total. The van der Waals surface area contributed by atoms with Crippen LogP contribution in [0, 0.1) is 13.8 Å². The quantitative estimate of drug-likeness (QED) is 0.735. The van der Waals surface area contributed by atoms with Gasteiger partial charge in [0.05, 0.1) is 21.4 Å². The van der Waals surface area contributed by atoms with Crippen molar-refractivity contribution in [2.75, 3.05) is 6.54 Å². The molecule has 26 heavy (non-hydrogen) atoms. The van der Waals surface area contributed by atoms with Crippen molar-refractivity contribution in [1.82, 2.24) is 24.9 Å². The van der Waals surface area contributed by atoms with Gasteiger partial charge in [-0.3, -0.25) is 14.2 Å². The molecule has 0 bridgehead atoms. The first-order valence-electron chi connectivity index (χ1n) is 7.81. The van der Waals surface area contributed by atoms with Gasteiger partial charge in [0.2, 0.25) is 5.91 Å². The molecule has 2 rings (SSSR count). The summed E-state index contributed by atoms with van der Waals surface area (Å²) in [5.41, 5.74) is -0.388. The largest absolute Gasteiger partial charge is 0.436 e. The van der Waals surface area contributed by atoms with Crippen molar-refractivity contribution in [1.29, 1.82) is 0 Å². The van der Waals surface area contributed by atoms with E-state index in [-0.39, 0.29) is 5.69 Å². The van der Waals surface area contributed by atoms with Gasteiger partial charge in [-0.25, -0.2) is 0 Å². The maximum Gasteiger partial charge on any atom is 0.436 e. The van der Waals surface area contributed by atoms with Crippen LogP contribution in [-0.4, -0.2) is 32.0 Å². The summed E-state index contributed by atoms with van der Waals surface area (Å²) in [5.74, 6) is -0.448. The van der Waals surface area contributed by atoms with Crippen LogP contribution in [0.3, 0.4) is 0 Å². The molecule has 0 aliphatic heterocycles. The molecule has 1 atom stereocenters. The van der Waals surface area contributed by atoms with Crippen LogP contribution in [0.5, 0.6) is 0 Å². The fraction of sp³-hybridized carbons (Fsp3) is 0.533. The molecule has 0 saturated carbocycles. The summed E-state index contributed by atoms with van der Waals surface area (Å²) in [6, 6.07) is -0.926. The standard InChI is InChI=1S/C15H18Cl2F3N5O/c1-8-11(16)7-24(22-8)6-4-5-21-14(26)10(3)25-9(2)12(17)13(23-25)15(18,19)20/h7,10H,4-6H2,1-3H3,(H,21,26). The zero-order chi connectivity index (χ0) is 19.6. The number of rotatable bonds is 6. The number of alkyl halides is 3. The summed E-state index contributed by atoms with van der Waals surface area (Å²) in [5, 5.41) is 10.4. The molecular weight excluding hydrogens is 394 g/mol. The van der Waals surface area contributed by atoms with Crippen LogP contribution in [0.15, 0.2) is 6.20 Å². The molecule has 2 aromatic rings. The maximum absolute atomic E-state index is 12.9. The predicted molar refractivity (Wildman–Crippen MR) is 91.3 cm³/mol. The van der Waals surface area contributed by atoms with Gasteiger partial charge in [0.25, 0.3) is 0 Å². The summed E-state index contributed by atoms with van der Waals surface area (Å²) >= 11 is 11.6. The van der Waals surface area contributed by atoms with Crippen molar-refractivity contribution in [3.63, 3.8) is 0 Å². The highest BCUT2D eigenvalue weighted by Gasteiger charge is 2.39. The lowest BCUT2D eigenvalue weighted by Crippen LogP contribution is -2.33. The minimum absolute atomic E-state index is 0.0864. The zero-order valence-corrected chi connectivity index (χ0v) is 15.9. The number of aromatic nitrogens is 4. The van der Waals surface area contributed by atoms with E-state index in [0.717, 1.165) is 10.4 Å². The predicted octanol–water partition coefficient (Wildman–Crippen LogP) is 3.79. The minimum Gasteiger partial charge on any atom is -0.354 e. The van der Waals surface area contributed by atoms with Crippen molar-refractivity contribution >= 4 is 29.1 Å². The topological polar surface area (TPSA) is 64.7 Å². The molecule has 144 valence electrons. The van der Waals surface area contributed by atoms with E-state index in [4.69, 9.17) is 23.2 Å². The van der Waals surface area contributed by atoms with E-state index in [1.165, 1.54) is 13.8 Å². The van der Waals surface area contributed by atoms with Crippen molar-refractivity contribution in [2.24, 2.45) is 0 Å². The highest BCUT2D eigenvalue weighted by molar-refractivity contribution is 6.32. The van der Waals surface area contributed by atoms with Gasteiger partial charge in [-0.1, -0.05) is 23.2 Å². The lowest BCUT2D eigenvalue weighted by Gasteiger charge is -2.14. The normalized spacial score (nSPS) is 13.1. The molecular formula is C15H18Cl2F3N5O. The Bertz CT molecular complexity index is 781. The van der Waals surface area contributed by atoms with E-state index >= 15 is 0 Å². The Hall–Kier alpha value is -1.74. The maximum atomic E-state index is 12.9. The lowest BCUT2D eigenvalue weighted by atomic mass is 10.3. The van der Waals surface area contributed by atoms with Crippen molar-refractivity contribution in [3.05, 3.63) is 33.3 Å². The zero-order valence-electron chi connectivity index (χ0n) is 14.4. The first-order valence-corrected chi connectivity index (χ1v) is 8.57. The summed E-state index contributed by atoms with van der Waals surface area (Å²) < 4.78 is 41.3. The molecule has 0 saturated heterocycles. The Labute approximate surface area is 158 Å². The number of carbonyl (C=O) groups is 1. The van der Waals surface area contributed by atoms with E-state index in [9.17, 15) is 18.0 Å². The number of carbonyl (C=O) groups excluding carboxylic acids is 1. The van der Waals surface area contributed by atoms with Gasteiger partial charge in [0.1, 0.15) is 6.04 Å². The second-order valence-electron chi connectivity index (χ2n) is 5.84. The summed E-state index contributed by atoms with van der Waals surface area (Å²) in [6.07, 6.45) is -2.40. The molecule has 6 nitrogen and oxygen atoms in total. The Morgan fingerprint density at radius 2 is 1.96 bits per heavy atom. The third-order valence-electron chi connectivity index (χ3n) is 3.84. The van der Waals surface area contributed by atoms with Crippen LogP contribution >= 0.6 is 23.2 Å². The summed E-state index contributed by atoms with van der Waals surface area (Å²) in [7, 11) is 0. The number of amides is 1. The van der Waals surface area contributed by atoms with Crippen LogP contribution in [-0.2, 0) is 17.5 Å². The van der Waals surface area contributed by atoms with Crippen LogP contribution in [0.25, 0.3) is 0 Å². The van der Waals surface area contributed by atoms with Gasteiger partial charge in [-0.15, -0.1) is 0 Å². The number of nitrogens with zero attached hydrogens (tertiary/aromatic N) is 4. The first kappa shape index (κ1) is 20.6. The second-order valence-corrected chi connectivity index (χ2v) is 6.62. The first-order chi connectivity index (χ1) is 12.0. The molecule has 0 aliphatic carbocycles. The van der Waals surface area contributed by atoms with Crippen LogP contribution in [0.4, 0.5) is 13.2 Å². The van der Waals surface area contributed by atoms with E-state index in [0.29, 0.717) is 24.5 Å². The molecule has 0 aliphatic rings. The monoisotopic (exact) mass is 411 g/mol. The second kappa shape index (κ2) is 7.87. The number of aryl methyl sites for hydroxylation is 2. The minimum atomic E-state index is -4.67. The SMILES string of the molecule is Cc1nn(CCCNC(=O)C(C)n2nc(C(F)(F)F)c(Cl)c2C)cc1Cl. The molecule has 1 amide bonds. The number of hydrogen-bond donors (Lipinski definition) is 1. The summed E-state index contributed by atoms with van der Waals surface area (Å²) in [4.78, 5) is 12.2. The molecule has 0 aromatic carbocycles. The lowest BCUT2D eigenvalue weighted by molar-refractivity contribution is -0.141. The molecule has 2 aromatic heterocycles.